The molecule has 5 nitrogen and oxygen atoms in total. The van der Waals surface area contributed by atoms with Crippen molar-refractivity contribution in [1.29, 1.82) is 0 Å². The molecule has 0 bridgehead atoms. The maximum Gasteiger partial charge on any atom is 0.320 e. The number of benzene rings is 3. The molecule has 0 heterocycles. The smallest absolute Gasteiger partial charge is 0.320 e. The van der Waals surface area contributed by atoms with Crippen molar-refractivity contribution in [2.24, 2.45) is 0 Å². The maximum atomic E-state index is 13.5. The number of nitrogens with zero attached hydrogens (tertiary/aromatic N) is 1. The summed E-state index contributed by atoms with van der Waals surface area (Å²) in [4.78, 5) is 27.5. The molecule has 5 heteroatoms. The Hall–Kier alpha value is -3.70. The average Bonchev–Trinajstić information content (AvgIpc) is 2.96. The van der Waals surface area contributed by atoms with Gasteiger partial charge in [0.05, 0.1) is 6.54 Å². The molecule has 0 aromatic heterocycles. The predicted octanol–water partition coefficient (Wildman–Crippen LogP) is 7.28. The summed E-state index contributed by atoms with van der Waals surface area (Å²) >= 11 is 0. The fraction of sp³-hybridized carbons (Fsp3) is 0.389. The molecule has 0 atom stereocenters. The molecule has 3 aromatic rings. The van der Waals surface area contributed by atoms with Crippen LogP contribution >= 0.6 is 0 Å². The van der Waals surface area contributed by atoms with Crippen LogP contribution in [0, 0.1) is 0 Å². The van der Waals surface area contributed by atoms with Crippen LogP contribution in [0.3, 0.4) is 0 Å². The van der Waals surface area contributed by atoms with Gasteiger partial charge in [0.1, 0.15) is 5.60 Å². The van der Waals surface area contributed by atoms with Crippen LogP contribution in [0.2, 0.25) is 0 Å². The number of nitrogens with one attached hydrogen (secondary N) is 1. The van der Waals surface area contributed by atoms with E-state index in [-0.39, 0.29) is 24.5 Å². The largest absolute Gasteiger partial charge is 0.459 e. The molecule has 0 radical (unpaired) electrons. The van der Waals surface area contributed by atoms with Crippen LogP contribution < -0.4 is 5.32 Å². The lowest BCUT2D eigenvalue weighted by molar-refractivity contribution is -0.153. The van der Waals surface area contributed by atoms with Gasteiger partial charge in [0.2, 0.25) is 5.91 Å². The minimum absolute atomic E-state index is 0.188. The first-order valence-electron chi connectivity index (χ1n) is 14.8. The monoisotopic (exact) mass is 552 g/mol. The van der Waals surface area contributed by atoms with Gasteiger partial charge in [-0.3, -0.25) is 9.59 Å². The number of hydrogen-bond acceptors (Lipinski definition) is 4. The third kappa shape index (κ3) is 10.0. The van der Waals surface area contributed by atoms with Gasteiger partial charge in [-0.15, -0.1) is 0 Å². The van der Waals surface area contributed by atoms with Crippen molar-refractivity contribution in [2.45, 2.75) is 83.5 Å². The molecule has 0 aliphatic heterocycles. The molecule has 1 fully saturated rings. The van der Waals surface area contributed by atoms with Crippen LogP contribution in [0.5, 0.6) is 0 Å². The normalized spacial score (nSPS) is 17.3. The Morgan fingerprint density at radius 3 is 2.12 bits per heavy atom. The van der Waals surface area contributed by atoms with E-state index < -0.39 is 5.60 Å². The second kappa shape index (κ2) is 14.8. The highest BCUT2D eigenvalue weighted by Crippen LogP contribution is 2.35. The van der Waals surface area contributed by atoms with Crippen molar-refractivity contribution in [3.8, 4) is 0 Å². The zero-order valence-electron chi connectivity index (χ0n) is 24.7. The third-order valence-electron chi connectivity index (χ3n) is 7.53. The van der Waals surface area contributed by atoms with Crippen molar-refractivity contribution in [1.82, 2.24) is 10.2 Å². The minimum atomic E-state index is -0.468. The molecule has 1 aliphatic rings. The van der Waals surface area contributed by atoms with Gasteiger partial charge < -0.3 is 15.0 Å². The molecular weight excluding hydrogens is 508 g/mol. The predicted molar refractivity (Wildman–Crippen MR) is 166 cm³/mol. The number of carbonyl (C=O) groups excluding carboxylic acids is 2. The quantitative estimate of drug-likeness (QED) is 0.254. The molecule has 4 rings (SSSR count). The van der Waals surface area contributed by atoms with E-state index in [2.05, 4.69) is 58.7 Å². The van der Waals surface area contributed by atoms with Crippen LogP contribution in [-0.2, 0) is 27.4 Å². The highest BCUT2D eigenvalue weighted by atomic mass is 16.6. The lowest BCUT2D eigenvalue weighted by Gasteiger charge is -2.37. The average molecular weight is 553 g/mol. The number of hydrogen-bond donors (Lipinski definition) is 1. The van der Waals surface area contributed by atoms with E-state index in [1.807, 2.05) is 69.3 Å². The van der Waals surface area contributed by atoms with E-state index in [9.17, 15) is 9.59 Å². The summed E-state index contributed by atoms with van der Waals surface area (Å²) in [5.74, 6) is 0.451. The molecule has 0 saturated heterocycles. The van der Waals surface area contributed by atoms with Crippen LogP contribution in [0.1, 0.15) is 81.0 Å². The summed E-state index contributed by atoms with van der Waals surface area (Å²) in [5, 5.41) is 3.18. The molecule has 0 unspecified atom stereocenters. The van der Waals surface area contributed by atoms with Crippen molar-refractivity contribution in [2.75, 3.05) is 6.54 Å². The summed E-state index contributed by atoms with van der Waals surface area (Å²) in [6.07, 6.45) is 8.58. The van der Waals surface area contributed by atoms with Crippen LogP contribution in [-0.4, -0.2) is 35.0 Å². The van der Waals surface area contributed by atoms with Gasteiger partial charge >= 0.3 is 5.97 Å². The topological polar surface area (TPSA) is 58.6 Å². The van der Waals surface area contributed by atoms with E-state index in [1.54, 1.807) is 0 Å². The van der Waals surface area contributed by atoms with Crippen molar-refractivity contribution >= 4 is 18.0 Å². The van der Waals surface area contributed by atoms with Crippen LogP contribution in [0.4, 0.5) is 0 Å². The van der Waals surface area contributed by atoms with E-state index in [4.69, 9.17) is 4.74 Å². The van der Waals surface area contributed by atoms with E-state index >= 15 is 0 Å². The van der Waals surface area contributed by atoms with Crippen molar-refractivity contribution in [3.05, 3.63) is 113 Å². The summed E-state index contributed by atoms with van der Waals surface area (Å²) in [7, 11) is 0. The molecule has 41 heavy (non-hydrogen) atoms. The molecular formula is C36H44N2O3. The highest BCUT2D eigenvalue weighted by molar-refractivity contribution is 5.79. The second-order valence-corrected chi connectivity index (χ2v) is 12.0. The molecule has 1 aliphatic carbocycles. The van der Waals surface area contributed by atoms with Gasteiger partial charge in [-0.05, 0) is 74.6 Å². The first-order chi connectivity index (χ1) is 19.8. The van der Waals surface area contributed by atoms with E-state index in [1.165, 1.54) is 11.1 Å². The van der Waals surface area contributed by atoms with Crippen molar-refractivity contribution < 1.29 is 14.3 Å². The molecule has 1 saturated carbocycles. The number of esters is 1. The van der Waals surface area contributed by atoms with Crippen LogP contribution in [0.15, 0.2) is 91.0 Å². The minimum Gasteiger partial charge on any atom is -0.459 e. The fourth-order valence-corrected chi connectivity index (χ4v) is 5.49. The van der Waals surface area contributed by atoms with Gasteiger partial charge in [0.25, 0.3) is 0 Å². The second-order valence-electron chi connectivity index (χ2n) is 12.0. The number of rotatable bonds is 11. The van der Waals surface area contributed by atoms with E-state index in [0.717, 1.165) is 36.8 Å². The Kier molecular flexibility index (Phi) is 10.9. The summed E-state index contributed by atoms with van der Waals surface area (Å²) in [6.45, 7) is 7.10. The lowest BCUT2D eigenvalue weighted by Crippen LogP contribution is -2.41. The SMILES string of the molecule is CC(C)(C)OC(=O)CNCc1ccc([C@H]2CC[C@H](N(Cc3ccccc3)C(=O)CC=Cc3ccccc3)CC2)cc1. The zero-order chi connectivity index (χ0) is 29.1. The van der Waals surface area contributed by atoms with Gasteiger partial charge in [0.15, 0.2) is 0 Å². The number of carbonyl (C=O) groups is 2. The van der Waals surface area contributed by atoms with E-state index in [0.29, 0.717) is 25.4 Å². The molecule has 1 N–H and O–H groups in total. The summed E-state index contributed by atoms with van der Waals surface area (Å²) in [6, 6.07) is 29.4. The molecule has 0 spiro atoms. The van der Waals surface area contributed by atoms with Gasteiger partial charge in [0, 0.05) is 25.6 Å². The first-order valence-corrected chi connectivity index (χ1v) is 14.8. The van der Waals surface area contributed by atoms with Crippen LogP contribution in [0.25, 0.3) is 6.08 Å². The Bertz CT molecular complexity index is 1260. The number of ether oxygens (including phenoxy) is 1. The Balaban J connectivity index is 1.31. The Morgan fingerprint density at radius 1 is 0.854 bits per heavy atom. The molecule has 1 amide bonds. The number of amides is 1. The molecule has 3 aromatic carbocycles. The third-order valence-corrected chi connectivity index (χ3v) is 7.53. The zero-order valence-corrected chi connectivity index (χ0v) is 24.7. The molecule has 216 valence electrons. The highest BCUT2D eigenvalue weighted by Gasteiger charge is 2.29. The first kappa shape index (κ1) is 30.3. The standard InChI is InChI=1S/C36H44N2O3/c1-36(2,3)41-35(40)26-37-25-29-17-19-31(20-18-29)32-21-23-33(24-22-32)38(27-30-13-8-5-9-14-30)34(39)16-10-15-28-11-6-4-7-12-28/h4-15,17-20,32-33,37H,16,21-27H2,1-3H3/t32-,33-. The lowest BCUT2D eigenvalue weighted by atomic mass is 9.81. The summed E-state index contributed by atoms with van der Waals surface area (Å²) in [5.41, 5.74) is 4.32. The Labute approximate surface area is 245 Å². The summed E-state index contributed by atoms with van der Waals surface area (Å²) < 4.78 is 5.36. The van der Waals surface area contributed by atoms with Crippen molar-refractivity contribution in [3.63, 3.8) is 0 Å². The van der Waals surface area contributed by atoms with Gasteiger partial charge in [-0.25, -0.2) is 0 Å². The maximum absolute atomic E-state index is 13.5. The van der Waals surface area contributed by atoms with Gasteiger partial charge in [-0.2, -0.15) is 0 Å². The Morgan fingerprint density at radius 2 is 1.49 bits per heavy atom. The fourth-order valence-electron chi connectivity index (χ4n) is 5.49. The van der Waals surface area contributed by atoms with Gasteiger partial charge in [-0.1, -0.05) is 97.1 Å².